The highest BCUT2D eigenvalue weighted by Crippen LogP contribution is 2.37. The Labute approximate surface area is 146 Å². The second-order valence-corrected chi connectivity index (χ2v) is 7.27. The van der Waals surface area contributed by atoms with Gasteiger partial charge in [-0.25, -0.2) is 0 Å². The highest BCUT2D eigenvalue weighted by Gasteiger charge is 2.33. The molecule has 0 fully saturated rings. The van der Waals surface area contributed by atoms with Gasteiger partial charge in [0.2, 0.25) is 0 Å². The molecule has 0 saturated heterocycles. The van der Waals surface area contributed by atoms with Crippen LogP contribution in [0.15, 0.2) is 47.4 Å². The van der Waals surface area contributed by atoms with Crippen LogP contribution in [0.3, 0.4) is 0 Å². The Bertz CT molecular complexity index is 690. The molecule has 0 spiro atoms. The van der Waals surface area contributed by atoms with Crippen molar-refractivity contribution in [2.75, 3.05) is 6.26 Å². The summed E-state index contributed by atoms with van der Waals surface area (Å²) in [7, 11) is 0. The van der Waals surface area contributed by atoms with Crippen LogP contribution in [0.25, 0.3) is 0 Å². The van der Waals surface area contributed by atoms with Crippen LogP contribution in [0.4, 0.5) is 13.2 Å². The molecule has 0 nitrogen and oxygen atoms in total. The first-order valence-corrected chi connectivity index (χ1v) is 9.29. The lowest BCUT2D eigenvalue weighted by atomic mass is 9.89. The Morgan fingerprint density at radius 3 is 2.21 bits per heavy atom. The molecule has 0 radical (unpaired) electrons. The van der Waals surface area contributed by atoms with Crippen LogP contribution in [0, 0.1) is 0 Å². The van der Waals surface area contributed by atoms with E-state index >= 15 is 0 Å². The van der Waals surface area contributed by atoms with E-state index in [-0.39, 0.29) is 11.8 Å². The Morgan fingerprint density at radius 1 is 0.958 bits per heavy atom. The van der Waals surface area contributed by atoms with Crippen LogP contribution >= 0.6 is 11.8 Å². The summed E-state index contributed by atoms with van der Waals surface area (Å²) in [5.41, 5.74) is 2.06. The predicted octanol–water partition coefficient (Wildman–Crippen LogP) is 6.90. The average molecular weight is 352 g/mol. The van der Waals surface area contributed by atoms with Gasteiger partial charge in [-0.2, -0.15) is 13.2 Å². The van der Waals surface area contributed by atoms with Gasteiger partial charge in [-0.05, 0) is 53.3 Å². The van der Waals surface area contributed by atoms with Crippen LogP contribution in [0.1, 0.15) is 54.9 Å². The minimum Gasteiger partial charge on any atom is -0.166 e. The molecular weight excluding hydrogens is 329 g/mol. The number of halogens is 3. The van der Waals surface area contributed by atoms with Gasteiger partial charge in [0.15, 0.2) is 0 Å². The maximum absolute atomic E-state index is 13.2. The van der Waals surface area contributed by atoms with Crippen LogP contribution in [0.2, 0.25) is 0 Å². The van der Waals surface area contributed by atoms with Crippen LogP contribution in [-0.2, 0) is 12.6 Å². The smallest absolute Gasteiger partial charge is 0.166 e. The molecule has 0 N–H and O–H groups in total. The second-order valence-electron chi connectivity index (χ2n) is 6.42. The summed E-state index contributed by atoms with van der Waals surface area (Å²) in [6.07, 6.45) is -1.52. The predicted molar refractivity (Wildman–Crippen MR) is 95.9 cm³/mol. The van der Waals surface area contributed by atoms with Crippen molar-refractivity contribution in [3.63, 3.8) is 0 Å². The lowest BCUT2D eigenvalue weighted by molar-refractivity contribution is -0.138. The summed E-state index contributed by atoms with van der Waals surface area (Å²) >= 11 is 1.70. The lowest BCUT2D eigenvalue weighted by Gasteiger charge is -2.19. The molecule has 0 heterocycles. The highest BCUT2D eigenvalue weighted by atomic mass is 32.2. The zero-order valence-electron chi connectivity index (χ0n) is 14.4. The normalized spacial score (nSPS) is 13.3. The highest BCUT2D eigenvalue weighted by molar-refractivity contribution is 7.98. The van der Waals surface area contributed by atoms with Gasteiger partial charge in [0.1, 0.15) is 0 Å². The fourth-order valence-corrected chi connectivity index (χ4v) is 3.73. The lowest BCUT2D eigenvalue weighted by Crippen LogP contribution is -2.11. The van der Waals surface area contributed by atoms with E-state index in [4.69, 9.17) is 0 Å². The van der Waals surface area contributed by atoms with Crippen molar-refractivity contribution in [3.05, 3.63) is 64.7 Å². The number of hydrogen-bond acceptors (Lipinski definition) is 1. The van der Waals surface area contributed by atoms with E-state index < -0.39 is 11.7 Å². The SMILES string of the molecule is CSc1ccccc1C(C)Cc1ccc(C(F)(F)F)c(C(C)C)c1. The minimum atomic E-state index is -4.30. The van der Waals surface area contributed by atoms with E-state index in [1.165, 1.54) is 16.5 Å². The Morgan fingerprint density at radius 2 is 1.62 bits per heavy atom. The molecule has 0 bridgehead atoms. The first-order chi connectivity index (χ1) is 11.2. The second kappa shape index (κ2) is 7.64. The van der Waals surface area contributed by atoms with E-state index in [0.717, 1.165) is 12.0 Å². The van der Waals surface area contributed by atoms with Crippen molar-refractivity contribution in [2.45, 2.75) is 50.1 Å². The minimum absolute atomic E-state index is 0.157. The Kier molecular flexibility index (Phi) is 6.02. The number of alkyl halides is 3. The fourth-order valence-electron chi connectivity index (χ4n) is 3.01. The van der Waals surface area contributed by atoms with Crippen LogP contribution < -0.4 is 0 Å². The van der Waals surface area contributed by atoms with Gasteiger partial charge >= 0.3 is 6.18 Å². The quantitative estimate of drug-likeness (QED) is 0.528. The monoisotopic (exact) mass is 352 g/mol. The summed E-state index contributed by atoms with van der Waals surface area (Å²) in [5.74, 6) is 0.0979. The molecule has 0 aliphatic rings. The summed E-state index contributed by atoms with van der Waals surface area (Å²) in [5, 5.41) is 0. The summed E-state index contributed by atoms with van der Waals surface area (Å²) in [6.45, 7) is 5.74. The maximum atomic E-state index is 13.2. The largest absolute Gasteiger partial charge is 0.416 e. The summed E-state index contributed by atoms with van der Waals surface area (Å²) in [4.78, 5) is 1.22. The molecule has 0 amide bonds. The molecule has 0 saturated carbocycles. The number of hydrogen-bond donors (Lipinski definition) is 0. The first-order valence-electron chi connectivity index (χ1n) is 8.07. The van der Waals surface area contributed by atoms with Crippen molar-refractivity contribution in [3.8, 4) is 0 Å². The standard InChI is InChI=1S/C20H23F3S/c1-13(2)17-12-15(9-10-18(17)20(21,22)23)11-14(3)16-7-5-6-8-19(16)24-4/h5-10,12-14H,11H2,1-4H3. The van der Waals surface area contributed by atoms with Gasteiger partial charge in [-0.15, -0.1) is 11.8 Å². The van der Waals surface area contributed by atoms with Crippen LogP contribution in [-0.4, -0.2) is 6.26 Å². The third-order valence-electron chi connectivity index (χ3n) is 4.26. The third kappa shape index (κ3) is 4.35. The molecule has 24 heavy (non-hydrogen) atoms. The third-order valence-corrected chi connectivity index (χ3v) is 5.07. The molecule has 4 heteroatoms. The first kappa shape index (κ1) is 18.9. The Hall–Kier alpha value is -1.42. The summed E-state index contributed by atoms with van der Waals surface area (Å²) in [6, 6.07) is 12.8. The van der Waals surface area contributed by atoms with E-state index in [9.17, 15) is 13.2 Å². The van der Waals surface area contributed by atoms with Gasteiger partial charge in [0, 0.05) is 4.90 Å². The molecule has 2 aromatic carbocycles. The van der Waals surface area contributed by atoms with Gasteiger partial charge < -0.3 is 0 Å². The number of thioether (sulfide) groups is 1. The summed E-state index contributed by atoms with van der Waals surface area (Å²) < 4.78 is 39.5. The zero-order chi connectivity index (χ0) is 17.9. The molecule has 0 aliphatic heterocycles. The van der Waals surface area contributed by atoms with Crippen molar-refractivity contribution in [2.24, 2.45) is 0 Å². The number of rotatable bonds is 5. The van der Waals surface area contributed by atoms with Gasteiger partial charge in [0.05, 0.1) is 5.56 Å². The Balaban J connectivity index is 2.32. The molecule has 130 valence electrons. The zero-order valence-corrected chi connectivity index (χ0v) is 15.3. The maximum Gasteiger partial charge on any atom is 0.416 e. The average Bonchev–Trinajstić information content (AvgIpc) is 2.53. The molecular formula is C20H23F3S. The van der Waals surface area contributed by atoms with E-state index in [2.05, 4.69) is 19.1 Å². The van der Waals surface area contributed by atoms with Crippen molar-refractivity contribution in [1.82, 2.24) is 0 Å². The van der Waals surface area contributed by atoms with Gasteiger partial charge in [-0.1, -0.05) is 51.1 Å². The number of benzene rings is 2. The molecule has 2 rings (SSSR count). The van der Waals surface area contributed by atoms with E-state index in [1.54, 1.807) is 37.7 Å². The topological polar surface area (TPSA) is 0 Å². The van der Waals surface area contributed by atoms with Crippen LogP contribution in [0.5, 0.6) is 0 Å². The van der Waals surface area contributed by atoms with E-state index in [1.807, 2.05) is 18.4 Å². The molecule has 2 aromatic rings. The van der Waals surface area contributed by atoms with Crippen molar-refractivity contribution < 1.29 is 13.2 Å². The van der Waals surface area contributed by atoms with E-state index in [0.29, 0.717) is 5.56 Å². The fraction of sp³-hybridized carbons (Fsp3) is 0.400. The molecule has 0 aliphatic carbocycles. The van der Waals surface area contributed by atoms with Gasteiger partial charge in [-0.3, -0.25) is 0 Å². The molecule has 0 aromatic heterocycles. The molecule has 1 atom stereocenters. The van der Waals surface area contributed by atoms with Gasteiger partial charge in [0.25, 0.3) is 0 Å². The van der Waals surface area contributed by atoms with Crippen molar-refractivity contribution in [1.29, 1.82) is 0 Å². The molecule has 1 unspecified atom stereocenters. The van der Waals surface area contributed by atoms with Crippen molar-refractivity contribution >= 4 is 11.8 Å².